The van der Waals surface area contributed by atoms with Crippen molar-refractivity contribution in [3.63, 3.8) is 0 Å². The molecule has 1 aromatic rings. The molecule has 1 heterocycles. The maximum atomic E-state index is 11.8. The number of amides is 1. The van der Waals surface area contributed by atoms with Gasteiger partial charge in [0.15, 0.2) is 0 Å². The molecule has 0 unspecified atom stereocenters. The minimum Gasteiger partial charge on any atom is -0.480 e. The van der Waals surface area contributed by atoms with Gasteiger partial charge in [0.1, 0.15) is 11.2 Å². The summed E-state index contributed by atoms with van der Waals surface area (Å²) in [7, 11) is 0. The monoisotopic (exact) mass is 290 g/mol. The first-order valence-corrected chi connectivity index (χ1v) is 5.93. The first-order chi connectivity index (χ1) is 8.32. The highest BCUT2D eigenvalue weighted by Gasteiger charge is 2.24. The van der Waals surface area contributed by atoms with Crippen LogP contribution in [-0.4, -0.2) is 28.0 Å². The van der Waals surface area contributed by atoms with Gasteiger partial charge in [0.2, 0.25) is 0 Å². The minimum atomic E-state index is -1.09. The zero-order chi connectivity index (χ0) is 13.9. The molecule has 0 radical (unpaired) electrons. The van der Waals surface area contributed by atoms with Gasteiger partial charge >= 0.3 is 5.97 Å². The fourth-order valence-corrected chi connectivity index (χ4v) is 1.55. The summed E-state index contributed by atoms with van der Waals surface area (Å²) in [5.74, 6) is -1.88. The number of hydrogen-bond donors (Lipinski definition) is 2. The molecule has 0 aliphatic carbocycles. The second-order valence-corrected chi connectivity index (χ2v) is 4.80. The van der Waals surface area contributed by atoms with Crippen LogP contribution >= 0.6 is 23.2 Å². The normalized spacial score (nSPS) is 12.3. The number of aliphatic carboxylic acids is 1. The standard InChI is InChI=1S/C11H12Cl2N2O3/c1-5(2)8(11(17)18)15-10(16)6-3-7(12)9(13)14-4-6/h3-5,8H,1-2H3,(H,15,16)(H,17,18)/t8-/m1/s1. The second-order valence-electron chi connectivity index (χ2n) is 4.03. The molecular formula is C11H12Cl2N2O3. The summed E-state index contributed by atoms with van der Waals surface area (Å²) in [4.78, 5) is 26.5. The summed E-state index contributed by atoms with van der Waals surface area (Å²) in [6, 6.07) is 0.373. The van der Waals surface area contributed by atoms with Crippen LogP contribution in [0.2, 0.25) is 10.2 Å². The lowest BCUT2D eigenvalue weighted by Gasteiger charge is -2.17. The molecule has 5 nitrogen and oxygen atoms in total. The van der Waals surface area contributed by atoms with E-state index in [1.807, 2.05) is 0 Å². The molecule has 18 heavy (non-hydrogen) atoms. The van der Waals surface area contributed by atoms with E-state index in [9.17, 15) is 9.59 Å². The van der Waals surface area contributed by atoms with Gasteiger partial charge in [-0.25, -0.2) is 9.78 Å². The zero-order valence-corrected chi connectivity index (χ0v) is 11.3. The Kier molecular flexibility index (Phi) is 4.93. The third kappa shape index (κ3) is 3.58. The summed E-state index contributed by atoms with van der Waals surface area (Å²) < 4.78 is 0. The fraction of sp³-hybridized carbons (Fsp3) is 0.364. The van der Waals surface area contributed by atoms with E-state index in [2.05, 4.69) is 10.3 Å². The van der Waals surface area contributed by atoms with Crippen molar-refractivity contribution >= 4 is 35.1 Å². The molecule has 0 aromatic carbocycles. The Bertz CT molecular complexity index is 477. The van der Waals surface area contributed by atoms with Crippen molar-refractivity contribution in [3.05, 3.63) is 28.0 Å². The summed E-state index contributed by atoms with van der Waals surface area (Å²) in [6.07, 6.45) is 1.24. The van der Waals surface area contributed by atoms with Crippen molar-refractivity contribution in [2.24, 2.45) is 5.92 Å². The highest BCUT2D eigenvalue weighted by atomic mass is 35.5. The molecule has 98 valence electrons. The lowest BCUT2D eigenvalue weighted by Crippen LogP contribution is -2.44. The highest BCUT2D eigenvalue weighted by Crippen LogP contribution is 2.19. The molecule has 2 N–H and O–H groups in total. The average Bonchev–Trinajstić information content (AvgIpc) is 2.28. The van der Waals surface area contributed by atoms with Crippen LogP contribution in [0.4, 0.5) is 0 Å². The fourth-order valence-electron chi connectivity index (χ4n) is 1.28. The number of nitrogens with zero attached hydrogens (tertiary/aromatic N) is 1. The Labute approximate surface area is 114 Å². The van der Waals surface area contributed by atoms with Gasteiger partial charge in [-0.05, 0) is 12.0 Å². The van der Waals surface area contributed by atoms with E-state index in [1.165, 1.54) is 12.3 Å². The van der Waals surface area contributed by atoms with E-state index in [-0.39, 0.29) is 21.7 Å². The van der Waals surface area contributed by atoms with Crippen molar-refractivity contribution in [2.45, 2.75) is 19.9 Å². The van der Waals surface area contributed by atoms with Crippen LogP contribution in [0.15, 0.2) is 12.3 Å². The topological polar surface area (TPSA) is 79.3 Å². The van der Waals surface area contributed by atoms with Crippen LogP contribution in [0.5, 0.6) is 0 Å². The number of carbonyl (C=O) groups is 2. The molecule has 0 fully saturated rings. The van der Waals surface area contributed by atoms with Crippen LogP contribution in [-0.2, 0) is 4.79 Å². The summed E-state index contributed by atoms with van der Waals surface area (Å²) >= 11 is 11.4. The number of hydrogen-bond acceptors (Lipinski definition) is 3. The van der Waals surface area contributed by atoms with E-state index in [0.717, 1.165) is 0 Å². The number of aromatic nitrogens is 1. The minimum absolute atomic E-state index is 0.0897. The largest absolute Gasteiger partial charge is 0.480 e. The molecule has 1 atom stereocenters. The number of rotatable bonds is 4. The molecule has 7 heteroatoms. The quantitative estimate of drug-likeness (QED) is 0.834. The van der Waals surface area contributed by atoms with Crippen LogP contribution in [0.1, 0.15) is 24.2 Å². The Morgan fingerprint density at radius 2 is 2.00 bits per heavy atom. The van der Waals surface area contributed by atoms with Crippen LogP contribution in [0, 0.1) is 5.92 Å². The third-order valence-corrected chi connectivity index (χ3v) is 2.96. The predicted octanol–water partition coefficient (Wildman–Crippen LogP) is 2.23. The van der Waals surface area contributed by atoms with E-state index < -0.39 is 17.9 Å². The smallest absolute Gasteiger partial charge is 0.326 e. The Morgan fingerprint density at radius 1 is 1.39 bits per heavy atom. The highest BCUT2D eigenvalue weighted by molar-refractivity contribution is 6.41. The van der Waals surface area contributed by atoms with E-state index in [1.54, 1.807) is 13.8 Å². The Balaban J connectivity index is 2.87. The summed E-state index contributed by atoms with van der Waals surface area (Å²) in [5, 5.41) is 11.6. The third-order valence-electron chi connectivity index (χ3n) is 2.28. The maximum Gasteiger partial charge on any atom is 0.326 e. The van der Waals surface area contributed by atoms with E-state index >= 15 is 0 Å². The molecule has 0 aliphatic rings. The van der Waals surface area contributed by atoms with Crippen LogP contribution in [0.3, 0.4) is 0 Å². The molecule has 1 aromatic heterocycles. The maximum absolute atomic E-state index is 11.8. The molecule has 0 saturated heterocycles. The lowest BCUT2D eigenvalue weighted by molar-refractivity contribution is -0.140. The van der Waals surface area contributed by atoms with Crippen molar-refractivity contribution in [1.82, 2.24) is 10.3 Å². The van der Waals surface area contributed by atoms with Gasteiger partial charge in [-0.2, -0.15) is 0 Å². The summed E-state index contributed by atoms with van der Waals surface area (Å²) in [5.41, 5.74) is 0.163. The van der Waals surface area contributed by atoms with E-state index in [4.69, 9.17) is 28.3 Å². The molecule has 0 bridgehead atoms. The van der Waals surface area contributed by atoms with Gasteiger partial charge < -0.3 is 10.4 Å². The lowest BCUT2D eigenvalue weighted by atomic mass is 10.0. The molecule has 0 spiro atoms. The Hall–Kier alpha value is -1.33. The molecule has 1 amide bonds. The van der Waals surface area contributed by atoms with Gasteiger partial charge in [-0.15, -0.1) is 0 Å². The first kappa shape index (κ1) is 14.7. The van der Waals surface area contributed by atoms with E-state index in [0.29, 0.717) is 0 Å². The number of carboxylic acids is 1. The van der Waals surface area contributed by atoms with Crippen molar-refractivity contribution in [1.29, 1.82) is 0 Å². The van der Waals surface area contributed by atoms with Crippen molar-refractivity contribution < 1.29 is 14.7 Å². The zero-order valence-electron chi connectivity index (χ0n) is 9.78. The van der Waals surface area contributed by atoms with Crippen molar-refractivity contribution in [3.8, 4) is 0 Å². The number of carbonyl (C=O) groups excluding carboxylic acids is 1. The number of pyridine rings is 1. The van der Waals surface area contributed by atoms with Gasteiger partial charge in [-0.3, -0.25) is 4.79 Å². The molecular weight excluding hydrogens is 279 g/mol. The van der Waals surface area contributed by atoms with Gasteiger partial charge in [0.25, 0.3) is 5.91 Å². The van der Waals surface area contributed by atoms with Gasteiger partial charge in [-0.1, -0.05) is 37.0 Å². The molecule has 0 saturated carbocycles. The Morgan fingerprint density at radius 3 is 2.44 bits per heavy atom. The SMILES string of the molecule is CC(C)[C@@H](NC(=O)c1cnc(Cl)c(Cl)c1)C(=O)O. The first-order valence-electron chi connectivity index (χ1n) is 5.17. The van der Waals surface area contributed by atoms with Crippen molar-refractivity contribution in [2.75, 3.05) is 0 Å². The average molecular weight is 291 g/mol. The van der Waals surface area contributed by atoms with Gasteiger partial charge in [0, 0.05) is 6.20 Å². The predicted molar refractivity (Wildman–Crippen MR) is 68.0 cm³/mol. The van der Waals surface area contributed by atoms with Crippen LogP contribution < -0.4 is 5.32 Å². The molecule has 0 aliphatic heterocycles. The number of nitrogens with one attached hydrogen (secondary N) is 1. The summed E-state index contributed by atoms with van der Waals surface area (Å²) in [6.45, 7) is 3.40. The second kappa shape index (κ2) is 6.02. The van der Waals surface area contributed by atoms with Gasteiger partial charge in [0.05, 0.1) is 10.6 Å². The van der Waals surface area contributed by atoms with Crippen LogP contribution in [0.25, 0.3) is 0 Å². The number of halogens is 2. The number of carboxylic acid groups (broad SMARTS) is 1. The molecule has 1 rings (SSSR count).